The number of pyridine rings is 1. The van der Waals surface area contributed by atoms with Crippen molar-refractivity contribution >= 4 is 5.91 Å². The van der Waals surface area contributed by atoms with Crippen molar-refractivity contribution in [3.63, 3.8) is 0 Å². The van der Waals surface area contributed by atoms with Crippen LogP contribution in [0.1, 0.15) is 33.8 Å². The van der Waals surface area contributed by atoms with E-state index >= 15 is 0 Å². The van der Waals surface area contributed by atoms with E-state index in [1.807, 2.05) is 36.4 Å². The van der Waals surface area contributed by atoms with E-state index in [4.69, 9.17) is 4.52 Å². The molecule has 3 aromatic heterocycles. The Bertz CT molecular complexity index is 1260. The molecule has 1 amide bonds. The van der Waals surface area contributed by atoms with Crippen LogP contribution in [0, 0.1) is 6.92 Å². The smallest absolute Gasteiger partial charge is 0.361 e. The highest BCUT2D eigenvalue weighted by Gasteiger charge is 2.31. The average molecular weight is 469 g/mol. The minimum absolute atomic E-state index is 0.201. The van der Waals surface area contributed by atoms with E-state index in [2.05, 4.69) is 15.2 Å². The predicted molar refractivity (Wildman–Crippen MR) is 118 cm³/mol. The van der Waals surface area contributed by atoms with Crippen LogP contribution in [0.25, 0.3) is 17.1 Å². The van der Waals surface area contributed by atoms with Gasteiger partial charge in [0.1, 0.15) is 11.5 Å². The van der Waals surface area contributed by atoms with Gasteiger partial charge in [0, 0.05) is 37.8 Å². The SMILES string of the molecule is Cc1c(C(=O)N(C)CCCc2cc(-c3ccccc3)no2)cnn1-c1ccc(C(F)(F)F)cn1. The number of aryl methyl sites for hydroxylation is 1. The number of aromatic nitrogens is 4. The Labute approximate surface area is 193 Å². The third kappa shape index (κ3) is 5.00. The second-order valence-corrected chi connectivity index (χ2v) is 7.83. The van der Waals surface area contributed by atoms with Crippen LogP contribution < -0.4 is 0 Å². The Morgan fingerprint density at radius 3 is 2.56 bits per heavy atom. The minimum atomic E-state index is -4.47. The maximum Gasteiger partial charge on any atom is 0.417 e. The molecular formula is C24H22F3N5O2. The summed E-state index contributed by atoms with van der Waals surface area (Å²) < 4.78 is 45.1. The van der Waals surface area contributed by atoms with Gasteiger partial charge < -0.3 is 9.42 Å². The molecule has 0 aliphatic carbocycles. The first-order chi connectivity index (χ1) is 16.2. The van der Waals surface area contributed by atoms with E-state index in [1.54, 1.807) is 18.9 Å². The van der Waals surface area contributed by atoms with Crippen LogP contribution >= 0.6 is 0 Å². The molecule has 0 aliphatic rings. The van der Waals surface area contributed by atoms with Crippen molar-refractivity contribution < 1.29 is 22.5 Å². The van der Waals surface area contributed by atoms with Gasteiger partial charge in [-0.2, -0.15) is 18.3 Å². The summed E-state index contributed by atoms with van der Waals surface area (Å²) in [4.78, 5) is 18.3. The van der Waals surface area contributed by atoms with E-state index in [9.17, 15) is 18.0 Å². The quantitative estimate of drug-likeness (QED) is 0.383. The molecule has 0 spiro atoms. The van der Waals surface area contributed by atoms with Crippen molar-refractivity contribution in [1.82, 2.24) is 24.8 Å². The molecule has 0 aliphatic heterocycles. The number of alkyl halides is 3. The maximum atomic E-state index is 12.9. The van der Waals surface area contributed by atoms with Crippen LogP contribution in [0.3, 0.4) is 0 Å². The molecular weight excluding hydrogens is 447 g/mol. The first-order valence-electron chi connectivity index (χ1n) is 10.6. The molecule has 4 rings (SSSR count). The number of rotatable bonds is 7. The number of hydrogen-bond donors (Lipinski definition) is 0. The van der Waals surface area contributed by atoms with Gasteiger partial charge in [-0.1, -0.05) is 35.5 Å². The van der Waals surface area contributed by atoms with Crippen molar-refractivity contribution in [3.8, 4) is 17.1 Å². The van der Waals surface area contributed by atoms with Gasteiger partial charge in [0.2, 0.25) is 0 Å². The lowest BCUT2D eigenvalue weighted by Gasteiger charge is -2.16. The van der Waals surface area contributed by atoms with Crippen molar-refractivity contribution in [2.24, 2.45) is 0 Å². The molecule has 7 nitrogen and oxygen atoms in total. The standard InChI is InChI=1S/C24H22F3N5O2/c1-16-20(15-29-32(16)22-11-10-18(14-28-22)24(25,26)27)23(33)31(2)12-6-9-19-13-21(30-34-19)17-7-4-3-5-8-17/h3-5,7-8,10-11,13-15H,6,9,12H2,1-2H3. The highest BCUT2D eigenvalue weighted by molar-refractivity contribution is 5.95. The second-order valence-electron chi connectivity index (χ2n) is 7.83. The Balaban J connectivity index is 1.36. The number of carbonyl (C=O) groups is 1. The van der Waals surface area contributed by atoms with Crippen LogP contribution in [0.4, 0.5) is 13.2 Å². The number of carbonyl (C=O) groups excluding carboxylic acids is 1. The van der Waals surface area contributed by atoms with Gasteiger partial charge in [0.15, 0.2) is 5.82 Å². The Kier molecular flexibility index (Phi) is 6.49. The van der Waals surface area contributed by atoms with Crippen LogP contribution in [0.2, 0.25) is 0 Å². The molecule has 0 atom stereocenters. The molecule has 176 valence electrons. The van der Waals surface area contributed by atoms with Gasteiger partial charge in [-0.15, -0.1) is 0 Å². The molecule has 34 heavy (non-hydrogen) atoms. The van der Waals surface area contributed by atoms with E-state index in [-0.39, 0.29) is 11.7 Å². The van der Waals surface area contributed by atoms with Crippen LogP contribution in [0.5, 0.6) is 0 Å². The topological polar surface area (TPSA) is 77.0 Å². The molecule has 0 fully saturated rings. The summed E-state index contributed by atoms with van der Waals surface area (Å²) in [5.74, 6) is 0.696. The monoisotopic (exact) mass is 469 g/mol. The molecule has 1 aromatic carbocycles. The molecule has 0 radical (unpaired) electrons. The first-order valence-corrected chi connectivity index (χ1v) is 10.6. The summed E-state index contributed by atoms with van der Waals surface area (Å²) in [5.41, 5.74) is 1.74. The zero-order valence-electron chi connectivity index (χ0n) is 18.6. The highest BCUT2D eigenvalue weighted by Crippen LogP contribution is 2.29. The van der Waals surface area contributed by atoms with Gasteiger partial charge in [-0.05, 0) is 25.5 Å². The van der Waals surface area contributed by atoms with Gasteiger partial charge >= 0.3 is 6.18 Å². The Hall–Kier alpha value is -3.95. The second kappa shape index (κ2) is 9.50. The summed E-state index contributed by atoms with van der Waals surface area (Å²) in [7, 11) is 1.69. The van der Waals surface area contributed by atoms with Crippen LogP contribution in [-0.2, 0) is 12.6 Å². The number of nitrogens with zero attached hydrogens (tertiary/aromatic N) is 5. The molecule has 0 saturated heterocycles. The lowest BCUT2D eigenvalue weighted by atomic mass is 10.1. The Morgan fingerprint density at radius 1 is 1.12 bits per heavy atom. The average Bonchev–Trinajstić information content (AvgIpc) is 3.45. The van der Waals surface area contributed by atoms with Gasteiger partial charge in [0.25, 0.3) is 5.91 Å². The molecule has 0 bridgehead atoms. The molecule has 3 heterocycles. The molecule has 0 saturated carbocycles. The fourth-order valence-electron chi connectivity index (χ4n) is 3.50. The maximum absolute atomic E-state index is 12.9. The van der Waals surface area contributed by atoms with E-state index in [1.165, 1.54) is 16.9 Å². The van der Waals surface area contributed by atoms with Gasteiger partial charge in [-0.25, -0.2) is 9.67 Å². The molecule has 10 heteroatoms. The highest BCUT2D eigenvalue weighted by atomic mass is 19.4. The third-order valence-corrected chi connectivity index (χ3v) is 5.42. The van der Waals surface area contributed by atoms with Crippen molar-refractivity contribution in [1.29, 1.82) is 0 Å². The summed E-state index contributed by atoms with van der Waals surface area (Å²) >= 11 is 0. The number of halogens is 3. The van der Waals surface area contributed by atoms with Crippen molar-refractivity contribution in [2.45, 2.75) is 25.9 Å². The number of hydrogen-bond acceptors (Lipinski definition) is 5. The summed E-state index contributed by atoms with van der Waals surface area (Å²) in [6.07, 6.45) is -1.04. The van der Waals surface area contributed by atoms with E-state index < -0.39 is 11.7 Å². The van der Waals surface area contributed by atoms with Crippen molar-refractivity contribution in [2.75, 3.05) is 13.6 Å². The van der Waals surface area contributed by atoms with Gasteiger partial charge in [-0.3, -0.25) is 4.79 Å². The van der Waals surface area contributed by atoms with E-state index in [0.29, 0.717) is 30.6 Å². The zero-order valence-corrected chi connectivity index (χ0v) is 18.6. The van der Waals surface area contributed by atoms with Gasteiger partial charge in [0.05, 0.1) is 23.0 Å². The first kappa shape index (κ1) is 23.2. The normalized spacial score (nSPS) is 11.6. The fourth-order valence-corrected chi connectivity index (χ4v) is 3.50. The largest absolute Gasteiger partial charge is 0.417 e. The lowest BCUT2D eigenvalue weighted by Crippen LogP contribution is -2.28. The van der Waals surface area contributed by atoms with Crippen LogP contribution in [-0.4, -0.2) is 44.3 Å². The predicted octanol–water partition coefficient (Wildman–Crippen LogP) is 4.95. The third-order valence-electron chi connectivity index (χ3n) is 5.42. The Morgan fingerprint density at radius 2 is 1.88 bits per heavy atom. The number of amides is 1. The van der Waals surface area contributed by atoms with Crippen LogP contribution in [0.15, 0.2) is 65.4 Å². The summed E-state index contributed by atoms with van der Waals surface area (Å²) in [6.45, 7) is 2.15. The van der Waals surface area contributed by atoms with Crippen molar-refractivity contribution in [3.05, 3.63) is 83.5 Å². The number of benzene rings is 1. The summed E-state index contributed by atoms with van der Waals surface area (Å²) in [6, 6.07) is 13.8. The minimum Gasteiger partial charge on any atom is -0.361 e. The fraction of sp³-hybridized carbons (Fsp3) is 0.250. The molecule has 0 N–H and O–H groups in total. The summed E-state index contributed by atoms with van der Waals surface area (Å²) in [5, 5.41) is 8.24. The molecule has 0 unspecified atom stereocenters. The molecule has 4 aromatic rings. The lowest BCUT2D eigenvalue weighted by molar-refractivity contribution is -0.137. The van der Waals surface area contributed by atoms with E-state index in [0.717, 1.165) is 29.3 Å². The zero-order chi connectivity index (χ0) is 24.3.